The van der Waals surface area contributed by atoms with Crippen molar-refractivity contribution in [2.45, 2.75) is 25.7 Å². The molecule has 0 aliphatic rings. The van der Waals surface area contributed by atoms with E-state index >= 15 is 0 Å². The third-order valence-corrected chi connectivity index (χ3v) is 4.54. The van der Waals surface area contributed by atoms with E-state index < -0.39 is 0 Å². The molecule has 128 valence electrons. The van der Waals surface area contributed by atoms with E-state index in [1.165, 1.54) is 16.7 Å². The van der Waals surface area contributed by atoms with Gasteiger partial charge in [0.2, 0.25) is 11.8 Å². The maximum absolute atomic E-state index is 12.2. The van der Waals surface area contributed by atoms with Crippen LogP contribution in [0.15, 0.2) is 33.7 Å². The predicted octanol–water partition coefficient (Wildman–Crippen LogP) is 2.79. The molecule has 1 aromatic heterocycles. The van der Waals surface area contributed by atoms with Crippen LogP contribution in [0.2, 0.25) is 0 Å². The quantitative estimate of drug-likeness (QED) is 0.813. The van der Waals surface area contributed by atoms with Crippen LogP contribution in [0.25, 0.3) is 0 Å². The van der Waals surface area contributed by atoms with E-state index in [-0.39, 0.29) is 24.1 Å². The summed E-state index contributed by atoms with van der Waals surface area (Å²) in [5, 5.41) is 6.28. The van der Waals surface area contributed by atoms with Crippen molar-refractivity contribution in [3.63, 3.8) is 0 Å². The average Bonchev–Trinajstić information content (AvgIpc) is 2.92. The first-order valence-electron chi connectivity index (χ1n) is 7.52. The SMILES string of the molecule is Cc1ccc(C)c(SCC(=O)N(C)CC(=O)Nc2cc(C)on2)c1. The monoisotopic (exact) mass is 347 g/mol. The molecule has 1 N–H and O–H groups in total. The third kappa shape index (κ3) is 5.13. The molecule has 0 atom stereocenters. The van der Waals surface area contributed by atoms with Crippen molar-refractivity contribution in [3.8, 4) is 0 Å². The molecule has 1 heterocycles. The molecule has 2 rings (SSSR count). The van der Waals surface area contributed by atoms with E-state index in [2.05, 4.69) is 16.5 Å². The van der Waals surface area contributed by atoms with E-state index in [1.54, 1.807) is 20.0 Å². The Kier molecular flexibility index (Phi) is 6.03. The van der Waals surface area contributed by atoms with Crippen molar-refractivity contribution in [1.82, 2.24) is 10.1 Å². The van der Waals surface area contributed by atoms with E-state index in [1.807, 2.05) is 26.0 Å². The minimum absolute atomic E-state index is 0.0297. The molecule has 0 aliphatic heterocycles. The second kappa shape index (κ2) is 8.01. The van der Waals surface area contributed by atoms with Crippen molar-refractivity contribution in [3.05, 3.63) is 41.2 Å². The van der Waals surface area contributed by atoms with Gasteiger partial charge in [0, 0.05) is 18.0 Å². The number of nitrogens with zero attached hydrogens (tertiary/aromatic N) is 2. The summed E-state index contributed by atoms with van der Waals surface area (Å²) >= 11 is 1.48. The number of nitrogens with one attached hydrogen (secondary N) is 1. The maximum atomic E-state index is 12.2. The highest BCUT2D eigenvalue weighted by Crippen LogP contribution is 2.23. The van der Waals surface area contributed by atoms with Gasteiger partial charge in [0.25, 0.3) is 0 Å². The highest BCUT2D eigenvalue weighted by molar-refractivity contribution is 8.00. The fraction of sp³-hybridized carbons (Fsp3) is 0.353. The topological polar surface area (TPSA) is 75.4 Å². The molecule has 0 fully saturated rings. The summed E-state index contributed by atoms with van der Waals surface area (Å²) < 4.78 is 4.88. The summed E-state index contributed by atoms with van der Waals surface area (Å²) in [7, 11) is 1.61. The number of hydrogen-bond acceptors (Lipinski definition) is 5. The van der Waals surface area contributed by atoms with E-state index in [0.29, 0.717) is 11.6 Å². The lowest BCUT2D eigenvalue weighted by Crippen LogP contribution is -2.36. The number of carbonyl (C=O) groups is 2. The largest absolute Gasteiger partial charge is 0.360 e. The maximum Gasteiger partial charge on any atom is 0.245 e. The lowest BCUT2D eigenvalue weighted by atomic mass is 10.2. The summed E-state index contributed by atoms with van der Waals surface area (Å²) in [6, 6.07) is 7.77. The van der Waals surface area contributed by atoms with E-state index in [0.717, 1.165) is 16.0 Å². The number of aromatic nitrogens is 1. The fourth-order valence-electron chi connectivity index (χ4n) is 2.02. The van der Waals surface area contributed by atoms with Gasteiger partial charge in [-0.15, -0.1) is 11.8 Å². The Morgan fingerprint density at radius 2 is 2.00 bits per heavy atom. The molecule has 1 aromatic carbocycles. The van der Waals surface area contributed by atoms with Crippen LogP contribution >= 0.6 is 11.8 Å². The fourth-order valence-corrected chi connectivity index (χ4v) is 3.09. The third-order valence-electron chi connectivity index (χ3n) is 3.40. The lowest BCUT2D eigenvalue weighted by Gasteiger charge is -2.16. The van der Waals surface area contributed by atoms with Crippen molar-refractivity contribution >= 4 is 29.4 Å². The Bertz CT molecular complexity index is 742. The van der Waals surface area contributed by atoms with Gasteiger partial charge >= 0.3 is 0 Å². The zero-order valence-corrected chi connectivity index (χ0v) is 15.1. The van der Waals surface area contributed by atoms with Gasteiger partial charge in [-0.25, -0.2) is 0 Å². The minimum atomic E-state index is -0.309. The molecule has 0 saturated carbocycles. The molecule has 7 heteroatoms. The van der Waals surface area contributed by atoms with E-state index in [9.17, 15) is 9.59 Å². The van der Waals surface area contributed by atoms with Crippen LogP contribution in [0, 0.1) is 20.8 Å². The molecule has 2 aromatic rings. The summed E-state index contributed by atoms with van der Waals surface area (Å²) in [4.78, 5) is 26.6. The normalized spacial score (nSPS) is 10.5. The lowest BCUT2D eigenvalue weighted by molar-refractivity contribution is -0.131. The molecule has 0 radical (unpaired) electrons. The number of thioether (sulfide) groups is 1. The van der Waals surface area contributed by atoms with Crippen molar-refractivity contribution in [2.24, 2.45) is 0 Å². The highest BCUT2D eigenvalue weighted by atomic mass is 32.2. The zero-order chi connectivity index (χ0) is 17.7. The van der Waals surface area contributed by atoms with Crippen LogP contribution in [0.5, 0.6) is 0 Å². The number of likely N-dealkylation sites (N-methyl/N-ethyl adjacent to an activating group) is 1. The van der Waals surface area contributed by atoms with Crippen LogP contribution in [-0.4, -0.2) is 41.2 Å². The van der Waals surface area contributed by atoms with Gasteiger partial charge in [-0.2, -0.15) is 0 Å². The van der Waals surface area contributed by atoms with Crippen LogP contribution in [0.3, 0.4) is 0 Å². The molecule has 0 saturated heterocycles. The van der Waals surface area contributed by atoms with Crippen LogP contribution < -0.4 is 5.32 Å². The van der Waals surface area contributed by atoms with Gasteiger partial charge in [-0.05, 0) is 32.4 Å². The van der Waals surface area contributed by atoms with Gasteiger partial charge in [-0.3, -0.25) is 9.59 Å². The van der Waals surface area contributed by atoms with Gasteiger partial charge in [0.15, 0.2) is 5.82 Å². The molecule has 0 unspecified atom stereocenters. The Hall–Kier alpha value is -2.28. The molecular formula is C17H21N3O3S. The minimum Gasteiger partial charge on any atom is -0.360 e. The first-order chi connectivity index (χ1) is 11.3. The van der Waals surface area contributed by atoms with Crippen LogP contribution in [-0.2, 0) is 9.59 Å². The second-order valence-electron chi connectivity index (χ2n) is 5.68. The number of carbonyl (C=O) groups excluding carboxylic acids is 2. The number of hydrogen-bond donors (Lipinski definition) is 1. The Balaban J connectivity index is 1.83. The molecule has 6 nitrogen and oxygen atoms in total. The Morgan fingerprint density at radius 1 is 1.25 bits per heavy atom. The predicted molar refractivity (Wildman–Crippen MR) is 94.1 cm³/mol. The standard InChI is InChI=1S/C17H21N3O3S/c1-11-5-6-12(2)14(7-11)24-10-17(22)20(4)9-16(21)18-15-8-13(3)23-19-15/h5-8H,9-10H2,1-4H3,(H,18,19,21). The van der Waals surface area contributed by atoms with Gasteiger partial charge < -0.3 is 14.7 Å². The molecule has 0 bridgehead atoms. The molecule has 0 aliphatic carbocycles. The summed E-state index contributed by atoms with van der Waals surface area (Å²) in [6.45, 7) is 5.75. The number of aryl methyl sites for hydroxylation is 3. The smallest absolute Gasteiger partial charge is 0.245 e. The first-order valence-corrected chi connectivity index (χ1v) is 8.51. The van der Waals surface area contributed by atoms with Crippen LogP contribution in [0.1, 0.15) is 16.9 Å². The number of anilines is 1. The second-order valence-corrected chi connectivity index (χ2v) is 6.70. The van der Waals surface area contributed by atoms with Crippen molar-refractivity contribution < 1.29 is 14.1 Å². The van der Waals surface area contributed by atoms with Gasteiger partial charge in [0.05, 0.1) is 12.3 Å². The summed E-state index contributed by atoms with van der Waals surface area (Å²) in [5.74, 6) is 0.836. The van der Waals surface area contributed by atoms with Gasteiger partial charge in [0.1, 0.15) is 5.76 Å². The average molecular weight is 347 g/mol. The summed E-state index contributed by atoms with van der Waals surface area (Å²) in [5.41, 5.74) is 2.30. The molecule has 24 heavy (non-hydrogen) atoms. The van der Waals surface area contributed by atoms with Gasteiger partial charge in [-0.1, -0.05) is 22.9 Å². The van der Waals surface area contributed by atoms with Crippen molar-refractivity contribution in [2.75, 3.05) is 24.7 Å². The zero-order valence-electron chi connectivity index (χ0n) is 14.3. The van der Waals surface area contributed by atoms with Crippen molar-refractivity contribution in [1.29, 1.82) is 0 Å². The summed E-state index contributed by atoms with van der Waals surface area (Å²) in [6.07, 6.45) is 0. The number of rotatable bonds is 6. The molecule has 2 amide bonds. The number of benzene rings is 1. The first kappa shape index (κ1) is 18.1. The molecular weight excluding hydrogens is 326 g/mol. The highest BCUT2D eigenvalue weighted by Gasteiger charge is 2.15. The molecule has 0 spiro atoms. The van der Waals surface area contributed by atoms with Crippen LogP contribution in [0.4, 0.5) is 5.82 Å². The Labute approximate surface area is 145 Å². The van der Waals surface area contributed by atoms with E-state index in [4.69, 9.17) is 4.52 Å². The Morgan fingerprint density at radius 3 is 2.67 bits per heavy atom. The number of amides is 2.